The number of nitrogens with zero attached hydrogens (tertiary/aromatic N) is 2. The van der Waals surface area contributed by atoms with Gasteiger partial charge in [-0.2, -0.15) is 0 Å². The Morgan fingerprint density at radius 3 is 2.88 bits per heavy atom. The number of rotatable bonds is 5. The van der Waals surface area contributed by atoms with Gasteiger partial charge in [0.1, 0.15) is 11.5 Å². The second-order valence-electron chi connectivity index (χ2n) is 3.55. The van der Waals surface area contributed by atoms with Crippen LogP contribution >= 0.6 is 0 Å². The third kappa shape index (κ3) is 4.18. The van der Waals surface area contributed by atoms with Gasteiger partial charge >= 0.3 is 0 Å². The molecule has 0 spiro atoms. The third-order valence-corrected chi connectivity index (χ3v) is 2.37. The summed E-state index contributed by atoms with van der Waals surface area (Å²) in [5.41, 5.74) is 6.66. The minimum absolute atomic E-state index is 0.255. The van der Waals surface area contributed by atoms with Crippen LogP contribution < -0.4 is 5.73 Å². The molecule has 0 aliphatic carbocycles. The zero-order valence-electron chi connectivity index (χ0n) is 10.2. The molecule has 90 valence electrons. The van der Waals surface area contributed by atoms with Gasteiger partial charge in [-0.3, -0.25) is 4.79 Å². The zero-order chi connectivity index (χ0) is 12.7. The van der Waals surface area contributed by atoms with Crippen LogP contribution in [0, 0.1) is 0 Å². The first-order valence-electron chi connectivity index (χ1n) is 5.60. The molecule has 0 bridgehead atoms. The van der Waals surface area contributed by atoms with E-state index in [4.69, 9.17) is 5.73 Å². The van der Waals surface area contributed by atoms with E-state index in [1.54, 1.807) is 6.20 Å². The van der Waals surface area contributed by atoms with Crippen molar-refractivity contribution in [2.75, 3.05) is 0 Å². The van der Waals surface area contributed by atoms with Crippen LogP contribution in [0.4, 0.5) is 0 Å². The smallest absolute Gasteiger partial charge is 0.267 e. The molecule has 0 saturated carbocycles. The molecule has 0 unspecified atom stereocenters. The molecule has 17 heavy (non-hydrogen) atoms. The van der Waals surface area contributed by atoms with Crippen LogP contribution in [0.1, 0.15) is 36.6 Å². The molecule has 1 aromatic rings. The number of allylic oxidation sites excluding steroid dienone is 4. The molecule has 2 N–H and O–H groups in total. The van der Waals surface area contributed by atoms with Gasteiger partial charge in [0.2, 0.25) is 0 Å². The summed E-state index contributed by atoms with van der Waals surface area (Å²) in [6, 6.07) is 1.51. The maximum Gasteiger partial charge on any atom is 0.267 e. The predicted octanol–water partition coefficient (Wildman–Crippen LogP) is 2.03. The topological polar surface area (TPSA) is 68.9 Å². The van der Waals surface area contributed by atoms with Crippen molar-refractivity contribution in [2.45, 2.75) is 26.7 Å². The van der Waals surface area contributed by atoms with E-state index in [1.165, 1.54) is 11.6 Å². The fourth-order valence-electron chi connectivity index (χ4n) is 1.37. The van der Waals surface area contributed by atoms with Crippen molar-refractivity contribution < 1.29 is 4.79 Å². The van der Waals surface area contributed by atoms with Gasteiger partial charge in [0.25, 0.3) is 5.91 Å². The van der Waals surface area contributed by atoms with Crippen molar-refractivity contribution >= 4 is 5.91 Å². The molecule has 0 radical (unpaired) electrons. The normalized spacial score (nSPS) is 12.0. The summed E-state index contributed by atoms with van der Waals surface area (Å²) in [6.45, 7) is 4.11. The van der Waals surface area contributed by atoms with Gasteiger partial charge < -0.3 is 5.73 Å². The summed E-state index contributed by atoms with van der Waals surface area (Å²) in [7, 11) is 0. The van der Waals surface area contributed by atoms with E-state index in [1.807, 2.05) is 19.1 Å². The van der Waals surface area contributed by atoms with Crippen LogP contribution in [-0.4, -0.2) is 15.9 Å². The highest BCUT2D eigenvalue weighted by molar-refractivity contribution is 5.90. The van der Waals surface area contributed by atoms with Crippen LogP contribution in [0.5, 0.6) is 0 Å². The monoisotopic (exact) mass is 231 g/mol. The summed E-state index contributed by atoms with van der Waals surface area (Å²) >= 11 is 0. The van der Waals surface area contributed by atoms with Gasteiger partial charge in [-0.05, 0) is 19.4 Å². The first-order chi connectivity index (χ1) is 8.17. The number of nitrogens with two attached hydrogens (primary N) is 1. The van der Waals surface area contributed by atoms with Crippen LogP contribution in [0.3, 0.4) is 0 Å². The molecule has 0 atom stereocenters. The molecule has 1 heterocycles. The highest BCUT2D eigenvalue weighted by Crippen LogP contribution is 2.03. The van der Waals surface area contributed by atoms with Crippen LogP contribution in [0.25, 0.3) is 0 Å². The number of hydrogen-bond acceptors (Lipinski definition) is 3. The molecule has 1 rings (SSSR count). The second-order valence-corrected chi connectivity index (χ2v) is 3.55. The summed E-state index contributed by atoms with van der Waals surface area (Å²) < 4.78 is 0. The largest absolute Gasteiger partial charge is 0.364 e. The van der Waals surface area contributed by atoms with Crippen molar-refractivity contribution in [2.24, 2.45) is 5.73 Å². The second kappa shape index (κ2) is 6.58. The van der Waals surface area contributed by atoms with Crippen molar-refractivity contribution in [3.05, 3.63) is 47.6 Å². The Bertz CT molecular complexity index is 450. The number of aromatic nitrogens is 2. The Kier molecular flexibility index (Phi) is 5.07. The molecular formula is C13H17N3O. The fraction of sp³-hybridized carbons (Fsp3) is 0.308. The molecule has 1 amide bonds. The van der Waals surface area contributed by atoms with E-state index in [-0.39, 0.29) is 5.69 Å². The standard InChI is InChI=1S/C13H17N3O/c1-3-10(4-2)6-5-7-12-15-9-8-11(16-12)13(14)17/h3,5-6,8-9H,4,7H2,1-2H3,(H2,14,17). The van der Waals surface area contributed by atoms with Crippen LogP contribution in [-0.2, 0) is 6.42 Å². The van der Waals surface area contributed by atoms with Gasteiger partial charge in [-0.15, -0.1) is 0 Å². The summed E-state index contributed by atoms with van der Waals surface area (Å²) in [5, 5.41) is 0. The van der Waals surface area contributed by atoms with E-state index in [2.05, 4.69) is 23.0 Å². The van der Waals surface area contributed by atoms with E-state index < -0.39 is 5.91 Å². The Morgan fingerprint density at radius 2 is 2.29 bits per heavy atom. The van der Waals surface area contributed by atoms with E-state index in [0.717, 1.165) is 6.42 Å². The molecule has 0 aliphatic rings. The number of hydrogen-bond donors (Lipinski definition) is 1. The Labute approximate surface area is 101 Å². The van der Waals surface area contributed by atoms with Crippen molar-refractivity contribution in [1.29, 1.82) is 0 Å². The number of carbonyl (C=O) groups is 1. The van der Waals surface area contributed by atoms with E-state index in [9.17, 15) is 4.79 Å². The van der Waals surface area contributed by atoms with Crippen molar-refractivity contribution in [3.63, 3.8) is 0 Å². The van der Waals surface area contributed by atoms with Crippen LogP contribution in [0.15, 0.2) is 36.1 Å². The van der Waals surface area contributed by atoms with Crippen molar-refractivity contribution in [3.8, 4) is 0 Å². The first kappa shape index (κ1) is 13.1. The van der Waals surface area contributed by atoms with E-state index in [0.29, 0.717) is 12.2 Å². The lowest BCUT2D eigenvalue weighted by molar-refractivity contribution is 0.0995. The molecule has 0 fully saturated rings. The van der Waals surface area contributed by atoms with Gasteiger partial charge in [0, 0.05) is 12.6 Å². The molecule has 4 nitrogen and oxygen atoms in total. The lowest BCUT2D eigenvalue weighted by atomic mass is 10.1. The minimum atomic E-state index is -0.527. The fourth-order valence-corrected chi connectivity index (χ4v) is 1.37. The van der Waals surface area contributed by atoms with Crippen LogP contribution in [0.2, 0.25) is 0 Å². The predicted molar refractivity (Wildman–Crippen MR) is 67.4 cm³/mol. The Balaban J connectivity index is 2.69. The summed E-state index contributed by atoms with van der Waals surface area (Å²) in [5.74, 6) is 0.0736. The number of amides is 1. The maximum absolute atomic E-state index is 10.9. The number of primary amides is 1. The average Bonchev–Trinajstić information content (AvgIpc) is 2.35. The lowest BCUT2D eigenvalue weighted by Crippen LogP contribution is -2.14. The molecule has 4 heteroatoms. The Hall–Kier alpha value is -1.97. The number of carbonyl (C=O) groups excluding carboxylic acids is 1. The minimum Gasteiger partial charge on any atom is -0.364 e. The SMILES string of the molecule is CC=C(C=CCc1nccc(C(N)=O)n1)CC. The first-order valence-corrected chi connectivity index (χ1v) is 5.60. The lowest BCUT2D eigenvalue weighted by Gasteiger charge is -1.98. The molecule has 0 saturated heterocycles. The Morgan fingerprint density at radius 1 is 1.53 bits per heavy atom. The van der Waals surface area contributed by atoms with Gasteiger partial charge in [-0.25, -0.2) is 9.97 Å². The van der Waals surface area contributed by atoms with Gasteiger partial charge in [0.05, 0.1) is 0 Å². The quantitative estimate of drug-likeness (QED) is 0.788. The van der Waals surface area contributed by atoms with Gasteiger partial charge in [-0.1, -0.05) is 30.7 Å². The van der Waals surface area contributed by atoms with Crippen molar-refractivity contribution in [1.82, 2.24) is 9.97 Å². The zero-order valence-corrected chi connectivity index (χ0v) is 10.2. The highest BCUT2D eigenvalue weighted by atomic mass is 16.1. The highest BCUT2D eigenvalue weighted by Gasteiger charge is 2.02. The molecule has 0 aliphatic heterocycles. The third-order valence-electron chi connectivity index (χ3n) is 2.37. The van der Waals surface area contributed by atoms with E-state index >= 15 is 0 Å². The molecular weight excluding hydrogens is 214 g/mol. The summed E-state index contributed by atoms with van der Waals surface area (Å²) in [6.07, 6.45) is 9.23. The van der Waals surface area contributed by atoms with Gasteiger partial charge in [0.15, 0.2) is 0 Å². The maximum atomic E-state index is 10.9. The molecule has 0 aromatic carbocycles. The summed E-state index contributed by atoms with van der Waals surface area (Å²) in [4.78, 5) is 19.1. The average molecular weight is 231 g/mol. The molecule has 1 aromatic heterocycles.